The number of nitrogens with zero attached hydrogens (tertiary/aromatic N) is 5. The number of amides is 2. The van der Waals surface area contributed by atoms with E-state index in [-0.39, 0.29) is 28.5 Å². The Bertz CT molecular complexity index is 1680. The lowest BCUT2D eigenvalue weighted by molar-refractivity contribution is 0.255. The van der Waals surface area contributed by atoms with Crippen LogP contribution >= 0.6 is 11.3 Å². The van der Waals surface area contributed by atoms with Crippen LogP contribution in [0.2, 0.25) is 0 Å². The Morgan fingerprint density at radius 2 is 1.69 bits per heavy atom. The zero-order valence-corrected chi connectivity index (χ0v) is 23.5. The lowest BCUT2D eigenvalue weighted by Gasteiger charge is -2.20. The predicted octanol–water partition coefficient (Wildman–Crippen LogP) is 5.14. The lowest BCUT2D eigenvalue weighted by Crippen LogP contribution is -2.32. The molecule has 1 fully saturated rings. The molecule has 0 radical (unpaired) electrons. The second-order valence-corrected chi connectivity index (χ2v) is 13.3. The van der Waals surface area contributed by atoms with E-state index in [9.17, 15) is 13.2 Å². The molecule has 0 unspecified atom stereocenters. The van der Waals surface area contributed by atoms with Crippen molar-refractivity contribution in [3.63, 3.8) is 0 Å². The van der Waals surface area contributed by atoms with Crippen LogP contribution in [0.1, 0.15) is 25.8 Å². The molecule has 5 rings (SSSR count). The Kier molecular flexibility index (Phi) is 6.63. The number of anilines is 3. The number of carbonyl (C=O) groups is 1. The van der Waals surface area contributed by atoms with E-state index in [0.717, 1.165) is 16.1 Å². The molecule has 2 amide bonds. The minimum absolute atomic E-state index is 0.121. The summed E-state index contributed by atoms with van der Waals surface area (Å²) in [7, 11) is -3.36. The summed E-state index contributed by atoms with van der Waals surface area (Å²) < 4.78 is 38.8. The highest BCUT2D eigenvalue weighted by Crippen LogP contribution is 2.42. The standard InChI is InChI=1S/C27H27FN6O3S2/c1-27(2,3)24-32-22(20-11-12-30-25(29)31-20)23(38-24)16-5-10-19(28)21(15-16)34-14-13-33(26(34)35)17-6-8-18(9-7-17)39(4,36)37/h5-12,15H,13-14H2,1-4H3,(H2,29,30,31). The van der Waals surface area contributed by atoms with Crippen LogP contribution in [-0.4, -0.2) is 48.7 Å². The van der Waals surface area contributed by atoms with Crippen LogP contribution < -0.4 is 15.5 Å². The monoisotopic (exact) mass is 566 g/mol. The van der Waals surface area contributed by atoms with Gasteiger partial charge in [-0.1, -0.05) is 26.8 Å². The third-order valence-electron chi connectivity index (χ3n) is 6.27. The summed E-state index contributed by atoms with van der Waals surface area (Å²) in [5.74, 6) is -0.411. The van der Waals surface area contributed by atoms with Gasteiger partial charge in [-0.15, -0.1) is 11.3 Å². The molecule has 39 heavy (non-hydrogen) atoms. The fraction of sp³-hybridized carbons (Fsp3) is 0.259. The number of thiazole rings is 1. The van der Waals surface area contributed by atoms with Crippen molar-refractivity contribution in [2.75, 3.05) is 34.9 Å². The van der Waals surface area contributed by atoms with E-state index in [1.54, 1.807) is 36.5 Å². The van der Waals surface area contributed by atoms with Gasteiger partial charge in [-0.25, -0.2) is 32.6 Å². The largest absolute Gasteiger partial charge is 0.368 e. The molecule has 3 heterocycles. The number of urea groups is 1. The molecule has 1 aliphatic heterocycles. The predicted molar refractivity (Wildman–Crippen MR) is 151 cm³/mol. The van der Waals surface area contributed by atoms with Crippen molar-refractivity contribution in [2.24, 2.45) is 0 Å². The quantitative estimate of drug-likeness (QED) is 0.355. The molecule has 202 valence electrons. The third-order valence-corrected chi connectivity index (χ3v) is 8.93. The first-order chi connectivity index (χ1) is 18.3. The molecule has 0 saturated carbocycles. The fourth-order valence-electron chi connectivity index (χ4n) is 4.25. The molecule has 9 nitrogen and oxygen atoms in total. The SMILES string of the molecule is CC(C)(C)c1nc(-c2ccnc(N)n2)c(-c2ccc(F)c(N3CCN(c4ccc(S(C)(=O)=O)cc4)C3=O)c2)s1. The summed E-state index contributed by atoms with van der Waals surface area (Å²) >= 11 is 1.48. The van der Waals surface area contributed by atoms with E-state index < -0.39 is 21.7 Å². The highest BCUT2D eigenvalue weighted by atomic mass is 32.2. The van der Waals surface area contributed by atoms with Crippen LogP contribution in [0.15, 0.2) is 59.6 Å². The maximum absolute atomic E-state index is 15.2. The molecule has 0 aliphatic carbocycles. The van der Waals surface area contributed by atoms with Gasteiger partial charge in [-0.3, -0.25) is 9.80 Å². The Labute approximate surface area is 230 Å². The van der Waals surface area contributed by atoms with Gasteiger partial charge in [-0.2, -0.15) is 0 Å². The van der Waals surface area contributed by atoms with Crippen molar-refractivity contribution in [3.8, 4) is 21.8 Å². The van der Waals surface area contributed by atoms with E-state index >= 15 is 4.39 Å². The molecular formula is C27H27FN6O3S2. The average molecular weight is 567 g/mol. The molecule has 2 aromatic carbocycles. The number of benzene rings is 2. The lowest BCUT2D eigenvalue weighted by atomic mass is 9.98. The number of hydrogen-bond donors (Lipinski definition) is 1. The number of sulfone groups is 1. The van der Waals surface area contributed by atoms with Crippen molar-refractivity contribution in [2.45, 2.75) is 31.1 Å². The van der Waals surface area contributed by atoms with Gasteiger partial charge in [0.05, 0.1) is 26.2 Å². The Hall–Kier alpha value is -3.90. The molecule has 1 aliphatic rings. The fourth-order valence-corrected chi connectivity index (χ4v) is 6.01. The van der Waals surface area contributed by atoms with Crippen molar-refractivity contribution >= 4 is 44.5 Å². The average Bonchev–Trinajstić information content (AvgIpc) is 3.49. The Balaban J connectivity index is 1.52. The van der Waals surface area contributed by atoms with Gasteiger partial charge in [0.1, 0.15) is 11.5 Å². The summed E-state index contributed by atoms with van der Waals surface area (Å²) in [6.45, 7) is 6.76. The minimum Gasteiger partial charge on any atom is -0.368 e. The first-order valence-electron chi connectivity index (χ1n) is 12.1. The van der Waals surface area contributed by atoms with E-state index in [1.165, 1.54) is 39.3 Å². The normalized spacial score (nSPS) is 14.3. The van der Waals surface area contributed by atoms with Gasteiger partial charge >= 0.3 is 6.03 Å². The maximum Gasteiger partial charge on any atom is 0.329 e. The number of nitrogens with two attached hydrogens (primary N) is 1. The third kappa shape index (κ3) is 5.21. The zero-order valence-electron chi connectivity index (χ0n) is 21.8. The summed E-state index contributed by atoms with van der Waals surface area (Å²) in [5, 5.41) is 0.872. The molecule has 2 N–H and O–H groups in total. The molecule has 2 aromatic heterocycles. The van der Waals surface area contributed by atoms with Crippen LogP contribution in [0.25, 0.3) is 21.8 Å². The molecule has 0 spiro atoms. The smallest absolute Gasteiger partial charge is 0.329 e. The van der Waals surface area contributed by atoms with Crippen LogP contribution in [0.4, 0.5) is 26.5 Å². The van der Waals surface area contributed by atoms with Crippen molar-refractivity contribution in [1.82, 2.24) is 15.0 Å². The van der Waals surface area contributed by atoms with Gasteiger partial charge < -0.3 is 5.73 Å². The van der Waals surface area contributed by atoms with Gasteiger partial charge in [0, 0.05) is 36.6 Å². The summed E-state index contributed by atoms with van der Waals surface area (Å²) in [5.41, 5.74) is 8.13. The topological polar surface area (TPSA) is 122 Å². The van der Waals surface area contributed by atoms with Crippen LogP contribution in [0, 0.1) is 5.82 Å². The summed E-state index contributed by atoms with van der Waals surface area (Å²) in [4.78, 5) is 30.4. The van der Waals surface area contributed by atoms with E-state index in [0.29, 0.717) is 29.2 Å². The first-order valence-corrected chi connectivity index (χ1v) is 14.8. The molecule has 0 bridgehead atoms. The highest BCUT2D eigenvalue weighted by Gasteiger charge is 2.33. The molecule has 12 heteroatoms. The summed E-state index contributed by atoms with van der Waals surface area (Å²) in [6.07, 6.45) is 2.69. The molecule has 4 aromatic rings. The minimum atomic E-state index is -3.36. The zero-order chi connectivity index (χ0) is 28.1. The molecule has 0 atom stereocenters. The van der Waals surface area contributed by atoms with Crippen molar-refractivity contribution < 1.29 is 17.6 Å². The van der Waals surface area contributed by atoms with Crippen molar-refractivity contribution in [1.29, 1.82) is 0 Å². The van der Waals surface area contributed by atoms with Gasteiger partial charge in [-0.05, 0) is 48.0 Å². The van der Waals surface area contributed by atoms with E-state index in [4.69, 9.17) is 10.7 Å². The Morgan fingerprint density at radius 1 is 1.00 bits per heavy atom. The van der Waals surface area contributed by atoms with Crippen LogP contribution in [-0.2, 0) is 15.3 Å². The summed E-state index contributed by atoms with van der Waals surface area (Å²) in [6, 6.07) is 12.1. The van der Waals surface area contributed by atoms with Crippen LogP contribution in [0.5, 0.6) is 0 Å². The second kappa shape index (κ2) is 9.69. The van der Waals surface area contributed by atoms with Gasteiger partial charge in [0.15, 0.2) is 9.84 Å². The van der Waals surface area contributed by atoms with Crippen LogP contribution in [0.3, 0.4) is 0 Å². The number of hydrogen-bond acceptors (Lipinski definition) is 8. The number of halogens is 1. The maximum atomic E-state index is 15.2. The molecule has 1 saturated heterocycles. The number of nitrogen functional groups attached to an aromatic ring is 1. The number of carbonyl (C=O) groups excluding carboxylic acids is 1. The van der Waals surface area contributed by atoms with Gasteiger partial charge in [0.25, 0.3) is 0 Å². The number of rotatable bonds is 5. The molecular weight excluding hydrogens is 539 g/mol. The Morgan fingerprint density at radius 3 is 2.33 bits per heavy atom. The highest BCUT2D eigenvalue weighted by molar-refractivity contribution is 7.90. The van der Waals surface area contributed by atoms with Gasteiger partial charge in [0.2, 0.25) is 5.95 Å². The first kappa shape index (κ1) is 26.7. The number of aromatic nitrogens is 3. The van der Waals surface area contributed by atoms with Crippen molar-refractivity contribution in [3.05, 3.63) is 65.6 Å². The second-order valence-electron chi connectivity index (χ2n) is 10.3. The van der Waals surface area contributed by atoms with E-state index in [1.807, 2.05) is 0 Å². The van der Waals surface area contributed by atoms with E-state index in [2.05, 4.69) is 30.7 Å².